The lowest BCUT2D eigenvalue weighted by atomic mass is 10.1. The van der Waals surface area contributed by atoms with Gasteiger partial charge >= 0.3 is 0 Å². The molecule has 3 rings (SSSR count). The van der Waals surface area contributed by atoms with Crippen molar-refractivity contribution < 1.29 is 9.59 Å². The fourth-order valence-corrected chi connectivity index (χ4v) is 3.59. The van der Waals surface area contributed by atoms with Gasteiger partial charge in [-0.3, -0.25) is 19.8 Å². The maximum Gasteiger partial charge on any atom is 0.270 e. The Bertz CT molecular complexity index is 902. The van der Waals surface area contributed by atoms with E-state index >= 15 is 0 Å². The molecular formula is C17H13ClN2O2S2. The van der Waals surface area contributed by atoms with Crippen LogP contribution >= 0.6 is 35.2 Å². The molecule has 4 nitrogen and oxygen atoms in total. The Morgan fingerprint density at radius 1 is 1.21 bits per heavy atom. The molecule has 24 heavy (non-hydrogen) atoms. The molecule has 1 aliphatic rings. The third kappa shape index (κ3) is 3.00. The van der Waals surface area contributed by atoms with Crippen LogP contribution in [-0.4, -0.2) is 16.9 Å². The number of rotatable bonds is 2. The minimum absolute atomic E-state index is 0.0463. The van der Waals surface area contributed by atoms with E-state index < -0.39 is 11.8 Å². The smallest absolute Gasteiger partial charge is 0.270 e. The second-order valence-electron chi connectivity index (χ2n) is 5.36. The monoisotopic (exact) mass is 376 g/mol. The molecule has 2 heterocycles. The minimum atomic E-state index is -0.493. The molecule has 2 amide bonds. The molecule has 1 fully saturated rings. The van der Waals surface area contributed by atoms with E-state index in [1.54, 1.807) is 24.3 Å². The predicted octanol–water partition coefficient (Wildman–Crippen LogP) is 3.85. The lowest BCUT2D eigenvalue weighted by molar-refractivity contribution is -0.122. The average Bonchev–Trinajstić information content (AvgIpc) is 2.92. The van der Waals surface area contributed by atoms with Gasteiger partial charge in [-0.15, -0.1) is 11.3 Å². The summed E-state index contributed by atoms with van der Waals surface area (Å²) in [6.07, 6.45) is 1.60. The number of hydrogen-bond acceptors (Lipinski definition) is 4. The summed E-state index contributed by atoms with van der Waals surface area (Å²) in [5.74, 6) is -0.955. The van der Waals surface area contributed by atoms with Crippen molar-refractivity contribution in [2.75, 3.05) is 4.90 Å². The standard InChI is InChI=1S/C17H13ClN2O2S2/c1-9-3-4-11(7-13(9)18)20-16(22)12(15(21)19-17(20)23)8-14-10(2)5-6-24-14/h3-8H,1-2H3,(H,19,21,23). The molecule has 0 spiro atoms. The van der Waals surface area contributed by atoms with Gasteiger partial charge in [-0.1, -0.05) is 17.7 Å². The van der Waals surface area contributed by atoms with Gasteiger partial charge in [0.05, 0.1) is 5.69 Å². The molecular weight excluding hydrogens is 364 g/mol. The number of anilines is 1. The van der Waals surface area contributed by atoms with Crippen LogP contribution in [0.5, 0.6) is 0 Å². The number of nitrogens with zero attached hydrogens (tertiary/aromatic N) is 1. The molecule has 1 N–H and O–H groups in total. The first-order valence-corrected chi connectivity index (χ1v) is 8.77. The quantitative estimate of drug-likeness (QED) is 0.492. The number of nitrogens with one attached hydrogen (secondary N) is 1. The fourth-order valence-electron chi connectivity index (χ4n) is 2.28. The molecule has 0 aliphatic carbocycles. The molecule has 1 aromatic heterocycles. The molecule has 1 aliphatic heterocycles. The number of benzene rings is 1. The van der Waals surface area contributed by atoms with E-state index in [9.17, 15) is 9.59 Å². The van der Waals surface area contributed by atoms with Crippen LogP contribution in [0.3, 0.4) is 0 Å². The first kappa shape index (κ1) is 16.8. The number of thiocarbonyl (C=S) groups is 1. The number of hydrogen-bond donors (Lipinski definition) is 1. The molecule has 7 heteroatoms. The number of carbonyl (C=O) groups excluding carboxylic acids is 2. The number of amides is 2. The zero-order chi connectivity index (χ0) is 17.4. The Balaban J connectivity index is 2.04. The summed E-state index contributed by atoms with van der Waals surface area (Å²) in [4.78, 5) is 27.2. The van der Waals surface area contributed by atoms with E-state index in [4.69, 9.17) is 23.8 Å². The van der Waals surface area contributed by atoms with Crippen LogP contribution in [-0.2, 0) is 9.59 Å². The summed E-state index contributed by atoms with van der Waals surface area (Å²) < 4.78 is 0. The average molecular weight is 377 g/mol. The van der Waals surface area contributed by atoms with Crippen molar-refractivity contribution in [3.05, 3.63) is 56.2 Å². The third-order valence-electron chi connectivity index (χ3n) is 3.69. The molecule has 0 saturated carbocycles. The normalized spacial score (nSPS) is 16.7. The van der Waals surface area contributed by atoms with Crippen LogP contribution in [0.25, 0.3) is 6.08 Å². The zero-order valence-corrected chi connectivity index (χ0v) is 15.3. The summed E-state index contributed by atoms with van der Waals surface area (Å²) in [7, 11) is 0. The van der Waals surface area contributed by atoms with Crippen LogP contribution in [0.1, 0.15) is 16.0 Å². The van der Waals surface area contributed by atoms with Gasteiger partial charge in [-0.05, 0) is 66.8 Å². The summed E-state index contributed by atoms with van der Waals surface area (Å²) in [6.45, 7) is 3.80. The van der Waals surface area contributed by atoms with Crippen molar-refractivity contribution in [1.82, 2.24) is 5.32 Å². The van der Waals surface area contributed by atoms with Gasteiger partial charge in [-0.25, -0.2) is 0 Å². The van der Waals surface area contributed by atoms with Crippen molar-refractivity contribution in [2.45, 2.75) is 13.8 Å². The van der Waals surface area contributed by atoms with Crippen LogP contribution in [0.2, 0.25) is 5.02 Å². The number of halogens is 1. The molecule has 2 aromatic rings. The van der Waals surface area contributed by atoms with Gasteiger partial charge in [0, 0.05) is 9.90 Å². The lowest BCUT2D eigenvalue weighted by Crippen LogP contribution is -2.54. The predicted molar refractivity (Wildman–Crippen MR) is 101 cm³/mol. The van der Waals surface area contributed by atoms with Crippen molar-refractivity contribution in [3.63, 3.8) is 0 Å². The first-order chi connectivity index (χ1) is 11.4. The fraction of sp³-hybridized carbons (Fsp3) is 0.118. The van der Waals surface area contributed by atoms with Crippen molar-refractivity contribution in [2.24, 2.45) is 0 Å². The van der Waals surface area contributed by atoms with Crippen LogP contribution in [0.15, 0.2) is 35.2 Å². The minimum Gasteiger partial charge on any atom is -0.298 e. The molecule has 0 unspecified atom stereocenters. The van der Waals surface area contributed by atoms with Gasteiger partial charge in [0.2, 0.25) is 0 Å². The maximum absolute atomic E-state index is 12.9. The second kappa shape index (κ2) is 6.47. The zero-order valence-electron chi connectivity index (χ0n) is 12.9. The Morgan fingerprint density at radius 2 is 1.96 bits per heavy atom. The van der Waals surface area contributed by atoms with Crippen molar-refractivity contribution >= 4 is 63.8 Å². The molecule has 1 saturated heterocycles. The van der Waals surface area contributed by atoms with Crippen LogP contribution in [0, 0.1) is 13.8 Å². The first-order valence-electron chi connectivity index (χ1n) is 7.10. The van der Waals surface area contributed by atoms with Crippen LogP contribution in [0.4, 0.5) is 5.69 Å². The summed E-state index contributed by atoms with van der Waals surface area (Å²) in [5.41, 5.74) is 2.47. The van der Waals surface area contributed by atoms with Gasteiger partial charge < -0.3 is 0 Å². The summed E-state index contributed by atoms with van der Waals surface area (Å²) in [6, 6.07) is 7.14. The number of aryl methyl sites for hydroxylation is 2. The Hall–Kier alpha value is -2.02. The van der Waals surface area contributed by atoms with Gasteiger partial charge in [-0.2, -0.15) is 0 Å². The molecule has 0 radical (unpaired) electrons. The highest BCUT2D eigenvalue weighted by molar-refractivity contribution is 7.80. The highest BCUT2D eigenvalue weighted by atomic mass is 35.5. The van der Waals surface area contributed by atoms with E-state index in [0.717, 1.165) is 16.0 Å². The topological polar surface area (TPSA) is 49.4 Å². The maximum atomic E-state index is 12.9. The van der Waals surface area contributed by atoms with E-state index in [-0.39, 0.29) is 10.7 Å². The van der Waals surface area contributed by atoms with E-state index in [1.165, 1.54) is 16.2 Å². The SMILES string of the molecule is Cc1ccc(N2C(=O)C(=Cc3sccc3C)C(=O)NC2=S)cc1Cl. The highest BCUT2D eigenvalue weighted by Crippen LogP contribution is 2.27. The van der Waals surface area contributed by atoms with E-state index in [2.05, 4.69) is 5.32 Å². The van der Waals surface area contributed by atoms with Gasteiger partial charge in [0.1, 0.15) is 5.57 Å². The molecule has 0 atom stereocenters. The summed E-state index contributed by atoms with van der Waals surface area (Å²) in [5, 5.41) is 5.05. The Kier molecular flexibility index (Phi) is 4.54. The summed E-state index contributed by atoms with van der Waals surface area (Å²) >= 11 is 12.8. The van der Waals surface area contributed by atoms with Gasteiger partial charge in [0.25, 0.3) is 11.8 Å². The lowest BCUT2D eigenvalue weighted by Gasteiger charge is -2.29. The third-order valence-corrected chi connectivity index (χ3v) is 5.35. The van der Waals surface area contributed by atoms with E-state index in [1.807, 2.05) is 25.3 Å². The van der Waals surface area contributed by atoms with Crippen molar-refractivity contribution in [3.8, 4) is 0 Å². The Labute approximate surface area is 153 Å². The molecule has 122 valence electrons. The van der Waals surface area contributed by atoms with Crippen LogP contribution < -0.4 is 10.2 Å². The number of thiophene rings is 1. The Morgan fingerprint density at radius 3 is 2.58 bits per heavy atom. The molecule has 1 aromatic carbocycles. The number of carbonyl (C=O) groups is 2. The molecule has 0 bridgehead atoms. The largest absolute Gasteiger partial charge is 0.298 e. The van der Waals surface area contributed by atoms with E-state index in [0.29, 0.717) is 10.7 Å². The van der Waals surface area contributed by atoms with Gasteiger partial charge in [0.15, 0.2) is 5.11 Å². The van der Waals surface area contributed by atoms with Crippen molar-refractivity contribution in [1.29, 1.82) is 0 Å². The second-order valence-corrected chi connectivity index (χ2v) is 7.10. The highest BCUT2D eigenvalue weighted by Gasteiger charge is 2.34.